The number of furan rings is 1. The van der Waals surface area contributed by atoms with E-state index in [1.165, 1.54) is 12.4 Å². The number of aromatic nitrogens is 5. The predicted octanol–water partition coefficient (Wildman–Crippen LogP) is 2.61. The minimum atomic E-state index is -0.286. The van der Waals surface area contributed by atoms with Gasteiger partial charge in [-0.05, 0) is 18.2 Å². The normalized spacial score (nSPS) is 11.0. The van der Waals surface area contributed by atoms with E-state index >= 15 is 0 Å². The first-order valence-electron chi connectivity index (χ1n) is 7.35. The van der Waals surface area contributed by atoms with Gasteiger partial charge in [0.25, 0.3) is 0 Å². The summed E-state index contributed by atoms with van der Waals surface area (Å²) in [5.74, 6) is 1.04. The molecule has 120 valence electrons. The van der Waals surface area contributed by atoms with Gasteiger partial charge in [-0.15, -0.1) is 5.10 Å². The Labute approximate surface area is 136 Å². The van der Waals surface area contributed by atoms with Crippen molar-refractivity contribution in [2.75, 3.05) is 5.32 Å². The molecule has 0 bridgehead atoms. The number of anilines is 1. The molecule has 0 aliphatic rings. The molecular formula is C16H13FN6O. The van der Waals surface area contributed by atoms with E-state index < -0.39 is 0 Å². The van der Waals surface area contributed by atoms with Crippen LogP contribution in [0, 0.1) is 5.82 Å². The summed E-state index contributed by atoms with van der Waals surface area (Å²) in [6.07, 6.45) is 3.03. The topological polar surface area (TPSA) is 81.7 Å². The quantitative estimate of drug-likeness (QED) is 0.608. The first kappa shape index (κ1) is 14.3. The van der Waals surface area contributed by atoms with Gasteiger partial charge >= 0.3 is 0 Å². The Morgan fingerprint density at radius 1 is 1.12 bits per heavy atom. The molecule has 7 nitrogen and oxygen atoms in total. The zero-order valence-electron chi connectivity index (χ0n) is 12.6. The molecule has 3 heterocycles. The Kier molecular flexibility index (Phi) is 3.62. The average molecular weight is 324 g/mol. The van der Waals surface area contributed by atoms with Gasteiger partial charge in [0.1, 0.15) is 17.9 Å². The van der Waals surface area contributed by atoms with Gasteiger partial charge in [-0.2, -0.15) is 0 Å². The van der Waals surface area contributed by atoms with Crippen molar-refractivity contribution in [2.24, 2.45) is 0 Å². The van der Waals surface area contributed by atoms with Crippen molar-refractivity contribution in [3.8, 4) is 0 Å². The molecule has 3 aromatic heterocycles. The molecule has 0 radical (unpaired) electrons. The molecule has 0 unspecified atom stereocenters. The standard InChI is InChI=1S/C16H13FN6O/c17-13-6-2-1-4-11(13)9-23-16-14(21-22-23)15(19-10-20-16)18-8-12-5-3-7-24-12/h1-7,10H,8-9H2,(H,18,19,20). The maximum Gasteiger partial charge on any atom is 0.184 e. The minimum Gasteiger partial charge on any atom is -0.467 e. The Hall–Kier alpha value is -3.29. The third-order valence-corrected chi connectivity index (χ3v) is 3.59. The number of nitrogens with one attached hydrogen (secondary N) is 1. The van der Waals surface area contributed by atoms with Crippen molar-refractivity contribution in [3.63, 3.8) is 0 Å². The first-order valence-corrected chi connectivity index (χ1v) is 7.35. The lowest BCUT2D eigenvalue weighted by molar-refractivity contribution is 0.518. The fourth-order valence-corrected chi connectivity index (χ4v) is 2.40. The summed E-state index contributed by atoms with van der Waals surface area (Å²) >= 11 is 0. The van der Waals surface area contributed by atoms with Gasteiger partial charge in [-0.3, -0.25) is 0 Å². The third kappa shape index (κ3) is 2.69. The maximum absolute atomic E-state index is 13.8. The van der Waals surface area contributed by atoms with Gasteiger partial charge in [0, 0.05) is 5.56 Å². The smallest absolute Gasteiger partial charge is 0.184 e. The van der Waals surface area contributed by atoms with Gasteiger partial charge in [-0.25, -0.2) is 19.0 Å². The van der Waals surface area contributed by atoms with Crippen molar-refractivity contribution < 1.29 is 8.81 Å². The van der Waals surface area contributed by atoms with Crippen molar-refractivity contribution in [1.29, 1.82) is 0 Å². The van der Waals surface area contributed by atoms with E-state index in [0.29, 0.717) is 29.1 Å². The molecule has 0 aliphatic carbocycles. The van der Waals surface area contributed by atoms with Crippen molar-refractivity contribution in [2.45, 2.75) is 13.1 Å². The van der Waals surface area contributed by atoms with Crippen molar-refractivity contribution >= 4 is 17.0 Å². The van der Waals surface area contributed by atoms with Gasteiger partial charge in [0.15, 0.2) is 17.0 Å². The number of rotatable bonds is 5. The fourth-order valence-electron chi connectivity index (χ4n) is 2.40. The number of hydrogen-bond donors (Lipinski definition) is 1. The Morgan fingerprint density at radius 2 is 2.04 bits per heavy atom. The van der Waals surface area contributed by atoms with E-state index in [1.807, 2.05) is 12.1 Å². The van der Waals surface area contributed by atoms with Crippen LogP contribution in [0.2, 0.25) is 0 Å². The van der Waals surface area contributed by atoms with Gasteiger partial charge < -0.3 is 9.73 Å². The Bertz CT molecular complexity index is 966. The summed E-state index contributed by atoms with van der Waals surface area (Å²) in [6.45, 7) is 0.719. The van der Waals surface area contributed by atoms with E-state index in [1.54, 1.807) is 29.1 Å². The maximum atomic E-state index is 13.8. The first-order chi connectivity index (χ1) is 11.8. The SMILES string of the molecule is Fc1ccccc1Cn1nnc2c(NCc3ccco3)ncnc21. The number of benzene rings is 1. The molecule has 8 heteroatoms. The molecule has 0 atom stereocenters. The molecule has 0 aliphatic heterocycles. The lowest BCUT2D eigenvalue weighted by Gasteiger charge is -2.05. The summed E-state index contributed by atoms with van der Waals surface area (Å²) in [7, 11) is 0. The van der Waals surface area contributed by atoms with Crippen LogP contribution in [-0.2, 0) is 13.1 Å². The predicted molar refractivity (Wildman–Crippen MR) is 84.7 cm³/mol. The van der Waals surface area contributed by atoms with Crippen LogP contribution in [0.5, 0.6) is 0 Å². The molecule has 1 aromatic carbocycles. The van der Waals surface area contributed by atoms with E-state index in [2.05, 4.69) is 25.6 Å². The number of fused-ring (bicyclic) bond motifs is 1. The molecule has 4 aromatic rings. The molecule has 0 spiro atoms. The van der Waals surface area contributed by atoms with Crippen LogP contribution in [0.3, 0.4) is 0 Å². The number of hydrogen-bond acceptors (Lipinski definition) is 6. The lowest BCUT2D eigenvalue weighted by atomic mass is 10.2. The van der Waals surface area contributed by atoms with Crippen LogP contribution in [0.4, 0.5) is 10.2 Å². The van der Waals surface area contributed by atoms with Gasteiger partial charge in [0.2, 0.25) is 0 Å². The second-order valence-corrected chi connectivity index (χ2v) is 5.17. The second kappa shape index (κ2) is 6.07. The minimum absolute atomic E-state index is 0.248. The second-order valence-electron chi connectivity index (χ2n) is 5.17. The van der Waals surface area contributed by atoms with Gasteiger partial charge in [0.05, 0.1) is 19.4 Å². The van der Waals surface area contributed by atoms with Crippen molar-refractivity contribution in [1.82, 2.24) is 25.0 Å². The van der Waals surface area contributed by atoms with Crippen LogP contribution in [0.1, 0.15) is 11.3 Å². The van der Waals surface area contributed by atoms with Crippen LogP contribution in [-0.4, -0.2) is 25.0 Å². The van der Waals surface area contributed by atoms with Crippen LogP contribution in [0.15, 0.2) is 53.4 Å². The fraction of sp³-hybridized carbons (Fsp3) is 0.125. The van der Waals surface area contributed by atoms with Crippen LogP contribution < -0.4 is 5.32 Å². The molecule has 4 rings (SSSR count). The molecule has 0 saturated carbocycles. The highest BCUT2D eigenvalue weighted by molar-refractivity contribution is 5.81. The van der Waals surface area contributed by atoms with Crippen molar-refractivity contribution in [3.05, 3.63) is 66.1 Å². The molecular weight excluding hydrogens is 311 g/mol. The highest BCUT2D eigenvalue weighted by Crippen LogP contribution is 2.18. The summed E-state index contributed by atoms with van der Waals surface area (Å²) in [4.78, 5) is 8.40. The monoisotopic (exact) mass is 324 g/mol. The Balaban J connectivity index is 1.62. The van der Waals surface area contributed by atoms with E-state index in [9.17, 15) is 4.39 Å². The zero-order valence-corrected chi connectivity index (χ0v) is 12.6. The third-order valence-electron chi connectivity index (χ3n) is 3.59. The van der Waals surface area contributed by atoms with E-state index in [0.717, 1.165) is 5.76 Å². The van der Waals surface area contributed by atoms with Crippen LogP contribution >= 0.6 is 0 Å². The van der Waals surface area contributed by atoms with E-state index in [4.69, 9.17) is 4.42 Å². The van der Waals surface area contributed by atoms with E-state index in [-0.39, 0.29) is 12.4 Å². The highest BCUT2D eigenvalue weighted by Gasteiger charge is 2.13. The average Bonchev–Trinajstić information content (AvgIpc) is 3.25. The summed E-state index contributed by atoms with van der Waals surface area (Å²) in [5.41, 5.74) is 1.59. The van der Waals surface area contributed by atoms with Gasteiger partial charge in [-0.1, -0.05) is 23.4 Å². The molecule has 1 N–H and O–H groups in total. The molecule has 0 fully saturated rings. The number of halogens is 1. The van der Waals surface area contributed by atoms with Crippen LogP contribution in [0.25, 0.3) is 11.2 Å². The Morgan fingerprint density at radius 3 is 2.88 bits per heavy atom. The summed E-state index contributed by atoms with van der Waals surface area (Å²) in [5, 5.41) is 11.3. The largest absolute Gasteiger partial charge is 0.467 e. The zero-order chi connectivity index (χ0) is 16.4. The lowest BCUT2D eigenvalue weighted by Crippen LogP contribution is -2.05. The summed E-state index contributed by atoms with van der Waals surface area (Å²) in [6, 6.07) is 10.2. The molecule has 0 saturated heterocycles. The molecule has 24 heavy (non-hydrogen) atoms. The molecule has 0 amide bonds. The highest BCUT2D eigenvalue weighted by atomic mass is 19.1. The number of nitrogens with zero attached hydrogens (tertiary/aromatic N) is 5. The summed E-state index contributed by atoms with van der Waals surface area (Å²) < 4.78 is 20.6.